The van der Waals surface area contributed by atoms with E-state index in [-0.39, 0.29) is 13.1 Å². The van der Waals surface area contributed by atoms with Crippen molar-refractivity contribution in [1.29, 1.82) is 0 Å². The minimum absolute atomic E-state index is 0.135. The van der Waals surface area contributed by atoms with E-state index in [1.54, 1.807) is 25.1 Å². The second-order valence-corrected chi connectivity index (χ2v) is 4.95. The molecular weight excluding hydrogens is 285 g/mol. The Balaban J connectivity index is 2.03. The van der Waals surface area contributed by atoms with Crippen molar-refractivity contribution >= 4 is 0 Å². The van der Waals surface area contributed by atoms with Crippen LogP contribution in [0.15, 0.2) is 18.2 Å². The topological polar surface area (TPSA) is 47.7 Å². The molecule has 1 heterocycles. The number of hydrogen-bond acceptors (Lipinski definition) is 4. The van der Waals surface area contributed by atoms with Crippen LogP contribution < -0.4 is 15.2 Å². The van der Waals surface area contributed by atoms with E-state index in [9.17, 15) is 13.2 Å². The lowest BCUT2D eigenvalue weighted by atomic mass is 10.1. The fourth-order valence-electron chi connectivity index (χ4n) is 2.23. The SMILES string of the molecule is CCN(CC(N)c1ccc2c(c1)OCCO2)CC(F)(F)F. The molecule has 7 heteroatoms. The summed E-state index contributed by atoms with van der Waals surface area (Å²) in [7, 11) is 0. The summed E-state index contributed by atoms with van der Waals surface area (Å²) in [6.07, 6.45) is -4.22. The van der Waals surface area contributed by atoms with Crippen LogP contribution in [0.4, 0.5) is 13.2 Å². The Morgan fingerprint density at radius 2 is 1.90 bits per heavy atom. The molecule has 0 aromatic heterocycles. The van der Waals surface area contributed by atoms with E-state index in [0.29, 0.717) is 24.7 Å². The average molecular weight is 304 g/mol. The van der Waals surface area contributed by atoms with Gasteiger partial charge in [-0.25, -0.2) is 0 Å². The van der Waals surface area contributed by atoms with E-state index >= 15 is 0 Å². The van der Waals surface area contributed by atoms with Gasteiger partial charge in [0, 0.05) is 12.6 Å². The molecule has 1 aromatic carbocycles. The molecule has 1 unspecified atom stereocenters. The highest BCUT2D eigenvalue weighted by Gasteiger charge is 2.30. The van der Waals surface area contributed by atoms with Gasteiger partial charge in [-0.05, 0) is 24.2 Å². The molecule has 0 amide bonds. The van der Waals surface area contributed by atoms with E-state index in [1.807, 2.05) is 0 Å². The van der Waals surface area contributed by atoms with Gasteiger partial charge in [-0.15, -0.1) is 0 Å². The van der Waals surface area contributed by atoms with Crippen LogP contribution in [0.2, 0.25) is 0 Å². The zero-order valence-electron chi connectivity index (χ0n) is 11.8. The van der Waals surface area contributed by atoms with Crippen molar-refractivity contribution in [3.8, 4) is 11.5 Å². The van der Waals surface area contributed by atoms with Crippen LogP contribution in [-0.2, 0) is 0 Å². The number of alkyl halides is 3. The van der Waals surface area contributed by atoms with Gasteiger partial charge >= 0.3 is 6.18 Å². The number of hydrogen-bond donors (Lipinski definition) is 1. The van der Waals surface area contributed by atoms with E-state index < -0.39 is 18.8 Å². The Morgan fingerprint density at radius 3 is 2.52 bits per heavy atom. The van der Waals surface area contributed by atoms with Gasteiger partial charge in [0.1, 0.15) is 13.2 Å². The summed E-state index contributed by atoms with van der Waals surface area (Å²) in [5, 5.41) is 0. The summed E-state index contributed by atoms with van der Waals surface area (Å²) in [5.41, 5.74) is 6.75. The van der Waals surface area contributed by atoms with Crippen molar-refractivity contribution in [3.63, 3.8) is 0 Å². The molecule has 0 saturated heterocycles. The fourth-order valence-corrected chi connectivity index (χ4v) is 2.23. The summed E-state index contributed by atoms with van der Waals surface area (Å²) in [6, 6.07) is 4.73. The highest BCUT2D eigenvalue weighted by atomic mass is 19.4. The molecular formula is C14H19F3N2O2. The van der Waals surface area contributed by atoms with Crippen molar-refractivity contribution in [2.75, 3.05) is 32.8 Å². The summed E-state index contributed by atoms with van der Waals surface area (Å²) >= 11 is 0. The third kappa shape index (κ3) is 4.50. The number of benzene rings is 1. The maximum Gasteiger partial charge on any atom is 0.401 e. The Kier molecular flexibility index (Phi) is 4.95. The zero-order valence-corrected chi connectivity index (χ0v) is 11.8. The molecule has 0 radical (unpaired) electrons. The van der Waals surface area contributed by atoms with Gasteiger partial charge in [0.2, 0.25) is 0 Å². The Bertz CT molecular complexity index is 480. The lowest BCUT2D eigenvalue weighted by molar-refractivity contribution is -0.145. The smallest absolute Gasteiger partial charge is 0.401 e. The van der Waals surface area contributed by atoms with Crippen LogP contribution in [0, 0.1) is 0 Å². The highest BCUT2D eigenvalue weighted by Crippen LogP contribution is 2.32. The summed E-state index contributed by atoms with van der Waals surface area (Å²) < 4.78 is 48.2. The Labute approximate surface area is 121 Å². The Hall–Kier alpha value is -1.47. The highest BCUT2D eigenvalue weighted by molar-refractivity contribution is 5.44. The van der Waals surface area contributed by atoms with Crippen LogP contribution in [0.1, 0.15) is 18.5 Å². The first kappa shape index (κ1) is 15.9. The van der Waals surface area contributed by atoms with Gasteiger partial charge in [-0.1, -0.05) is 13.0 Å². The van der Waals surface area contributed by atoms with Crippen molar-refractivity contribution in [2.45, 2.75) is 19.1 Å². The lowest BCUT2D eigenvalue weighted by Crippen LogP contribution is -2.38. The number of halogens is 3. The molecule has 118 valence electrons. The van der Waals surface area contributed by atoms with Crippen molar-refractivity contribution in [1.82, 2.24) is 4.90 Å². The average Bonchev–Trinajstić information content (AvgIpc) is 2.44. The van der Waals surface area contributed by atoms with E-state index in [0.717, 1.165) is 5.56 Å². The number of fused-ring (bicyclic) bond motifs is 1. The van der Waals surface area contributed by atoms with Gasteiger partial charge in [0.25, 0.3) is 0 Å². The van der Waals surface area contributed by atoms with Gasteiger partial charge in [-0.3, -0.25) is 4.90 Å². The number of ether oxygens (including phenoxy) is 2. The molecule has 2 N–H and O–H groups in total. The molecule has 0 bridgehead atoms. The lowest BCUT2D eigenvalue weighted by Gasteiger charge is -2.26. The largest absolute Gasteiger partial charge is 0.486 e. The molecule has 1 aromatic rings. The van der Waals surface area contributed by atoms with Gasteiger partial charge in [0.05, 0.1) is 6.54 Å². The number of likely N-dealkylation sites (N-methyl/N-ethyl adjacent to an activating group) is 1. The van der Waals surface area contributed by atoms with Crippen LogP contribution in [0.25, 0.3) is 0 Å². The van der Waals surface area contributed by atoms with Gasteiger partial charge in [-0.2, -0.15) is 13.2 Å². The maximum atomic E-state index is 12.5. The van der Waals surface area contributed by atoms with Crippen LogP contribution >= 0.6 is 0 Å². The third-order valence-corrected chi connectivity index (χ3v) is 3.30. The van der Waals surface area contributed by atoms with Crippen molar-refractivity contribution < 1.29 is 22.6 Å². The quantitative estimate of drug-likeness (QED) is 0.907. The molecule has 0 spiro atoms. The maximum absolute atomic E-state index is 12.5. The van der Waals surface area contributed by atoms with Crippen molar-refractivity contribution in [2.24, 2.45) is 5.73 Å². The third-order valence-electron chi connectivity index (χ3n) is 3.30. The van der Waals surface area contributed by atoms with Crippen LogP contribution in [-0.4, -0.2) is 43.9 Å². The van der Waals surface area contributed by atoms with E-state index in [4.69, 9.17) is 15.2 Å². The molecule has 2 rings (SSSR count). The number of rotatable bonds is 5. The predicted octanol–water partition coefficient (Wildman–Crippen LogP) is 2.34. The summed E-state index contributed by atoms with van der Waals surface area (Å²) in [5.74, 6) is 1.23. The van der Waals surface area contributed by atoms with Gasteiger partial charge < -0.3 is 15.2 Å². The molecule has 21 heavy (non-hydrogen) atoms. The van der Waals surface area contributed by atoms with Gasteiger partial charge in [0.15, 0.2) is 11.5 Å². The normalized spacial score (nSPS) is 16.1. The molecule has 0 aliphatic carbocycles. The minimum Gasteiger partial charge on any atom is -0.486 e. The van der Waals surface area contributed by atoms with E-state index in [2.05, 4.69) is 0 Å². The standard InChI is InChI=1S/C14H19F3N2O2/c1-2-19(9-14(15,16)17)8-11(18)10-3-4-12-13(7-10)21-6-5-20-12/h3-4,7,11H,2,5-6,8-9,18H2,1H3. The molecule has 1 aliphatic rings. The monoisotopic (exact) mass is 304 g/mol. The molecule has 4 nitrogen and oxygen atoms in total. The minimum atomic E-state index is -4.22. The van der Waals surface area contributed by atoms with Crippen molar-refractivity contribution in [3.05, 3.63) is 23.8 Å². The first-order valence-electron chi connectivity index (χ1n) is 6.83. The zero-order chi connectivity index (χ0) is 15.5. The fraction of sp³-hybridized carbons (Fsp3) is 0.571. The summed E-state index contributed by atoms with van der Waals surface area (Å²) in [4.78, 5) is 1.28. The second kappa shape index (κ2) is 6.53. The number of nitrogens with zero attached hydrogens (tertiary/aromatic N) is 1. The van der Waals surface area contributed by atoms with Crippen LogP contribution in [0.5, 0.6) is 11.5 Å². The molecule has 1 aliphatic heterocycles. The molecule has 0 fully saturated rings. The predicted molar refractivity (Wildman–Crippen MR) is 72.5 cm³/mol. The molecule has 1 atom stereocenters. The first-order chi connectivity index (χ1) is 9.89. The number of nitrogens with two attached hydrogens (primary N) is 1. The first-order valence-corrected chi connectivity index (χ1v) is 6.83. The Morgan fingerprint density at radius 1 is 1.24 bits per heavy atom. The molecule has 0 saturated carbocycles. The summed E-state index contributed by atoms with van der Waals surface area (Å²) in [6.45, 7) is 2.10. The van der Waals surface area contributed by atoms with E-state index in [1.165, 1.54) is 4.90 Å². The second-order valence-electron chi connectivity index (χ2n) is 4.95. The van der Waals surface area contributed by atoms with Crippen LogP contribution in [0.3, 0.4) is 0 Å².